The van der Waals surface area contributed by atoms with E-state index in [-0.39, 0.29) is 28.8 Å². The first-order valence-electron chi connectivity index (χ1n) is 7.09. The number of anilines is 1. The van der Waals surface area contributed by atoms with Gasteiger partial charge >= 0.3 is 5.97 Å². The zero-order chi connectivity index (χ0) is 15.9. The number of carbonyl (C=O) groups excluding carboxylic acids is 1. The third kappa shape index (κ3) is 2.68. The molecule has 1 aromatic carbocycles. The zero-order valence-electron chi connectivity index (χ0n) is 11.7. The molecule has 22 heavy (non-hydrogen) atoms. The molecule has 2 aliphatic rings. The van der Waals surface area contributed by atoms with Crippen molar-refractivity contribution < 1.29 is 14.7 Å². The van der Waals surface area contributed by atoms with Gasteiger partial charge < -0.3 is 10.4 Å². The third-order valence-electron chi connectivity index (χ3n) is 4.21. The predicted octanol–water partition coefficient (Wildman–Crippen LogP) is 2.38. The topological polar surface area (TPSA) is 69.6 Å². The SMILES string of the molecule is O=C(O)c1ccc(N2C(=O)C3CCC(Cl)CC3NC2=S)cc1. The number of benzene rings is 1. The minimum Gasteiger partial charge on any atom is -0.478 e. The number of thiocarbonyl (C=S) groups is 1. The lowest BCUT2D eigenvalue weighted by Gasteiger charge is -2.42. The van der Waals surface area contributed by atoms with Gasteiger partial charge in [0.1, 0.15) is 0 Å². The van der Waals surface area contributed by atoms with Gasteiger partial charge in [0.2, 0.25) is 5.91 Å². The number of halogens is 1. The summed E-state index contributed by atoms with van der Waals surface area (Å²) in [4.78, 5) is 25.1. The number of alkyl halides is 1. The highest BCUT2D eigenvalue weighted by atomic mass is 35.5. The molecule has 0 spiro atoms. The summed E-state index contributed by atoms with van der Waals surface area (Å²) in [6.07, 6.45) is 2.27. The summed E-state index contributed by atoms with van der Waals surface area (Å²) in [6.45, 7) is 0. The number of carboxylic acid groups (broad SMARTS) is 1. The Hall–Kier alpha value is -1.66. The van der Waals surface area contributed by atoms with Crippen LogP contribution in [0.4, 0.5) is 5.69 Å². The van der Waals surface area contributed by atoms with E-state index in [1.165, 1.54) is 17.0 Å². The van der Waals surface area contributed by atoms with Crippen LogP contribution in [0.3, 0.4) is 0 Å². The van der Waals surface area contributed by atoms with E-state index in [1.54, 1.807) is 12.1 Å². The van der Waals surface area contributed by atoms with Crippen LogP contribution < -0.4 is 10.2 Å². The fraction of sp³-hybridized carbons (Fsp3) is 0.400. The Morgan fingerprint density at radius 1 is 1.32 bits per heavy atom. The van der Waals surface area contributed by atoms with Gasteiger partial charge in [0.15, 0.2) is 5.11 Å². The number of carbonyl (C=O) groups is 2. The van der Waals surface area contributed by atoms with Crippen LogP contribution in [0.2, 0.25) is 0 Å². The molecule has 1 aromatic rings. The second-order valence-corrected chi connectivity index (χ2v) is 6.60. The van der Waals surface area contributed by atoms with E-state index in [4.69, 9.17) is 28.9 Å². The highest BCUT2D eigenvalue weighted by molar-refractivity contribution is 7.80. The number of amides is 1. The summed E-state index contributed by atoms with van der Waals surface area (Å²) in [6, 6.07) is 6.13. The second kappa shape index (κ2) is 5.85. The Balaban J connectivity index is 1.86. The predicted molar refractivity (Wildman–Crippen MR) is 87.4 cm³/mol. The number of aromatic carboxylic acids is 1. The molecular formula is C15H15ClN2O3S. The first-order chi connectivity index (χ1) is 10.5. The van der Waals surface area contributed by atoms with Crippen LogP contribution in [0.1, 0.15) is 29.6 Å². The Labute approximate surface area is 138 Å². The molecule has 1 aliphatic heterocycles. The van der Waals surface area contributed by atoms with Crippen molar-refractivity contribution in [1.82, 2.24) is 5.32 Å². The second-order valence-electron chi connectivity index (χ2n) is 5.60. The van der Waals surface area contributed by atoms with Crippen molar-refractivity contribution in [3.05, 3.63) is 29.8 Å². The molecule has 3 rings (SSSR count). The molecular weight excluding hydrogens is 324 g/mol. The highest BCUT2D eigenvalue weighted by Gasteiger charge is 2.42. The summed E-state index contributed by atoms with van der Waals surface area (Å²) in [5, 5.41) is 12.6. The van der Waals surface area contributed by atoms with E-state index in [9.17, 15) is 9.59 Å². The average molecular weight is 339 g/mol. The van der Waals surface area contributed by atoms with Crippen molar-refractivity contribution >= 4 is 46.5 Å². The van der Waals surface area contributed by atoms with Crippen LogP contribution >= 0.6 is 23.8 Å². The van der Waals surface area contributed by atoms with Gasteiger partial charge in [-0.2, -0.15) is 0 Å². The number of nitrogens with zero attached hydrogens (tertiary/aromatic N) is 1. The van der Waals surface area contributed by atoms with Crippen molar-refractivity contribution in [2.24, 2.45) is 5.92 Å². The van der Waals surface area contributed by atoms with Crippen LogP contribution in [-0.4, -0.2) is 33.5 Å². The molecule has 3 atom stereocenters. The molecule has 0 bridgehead atoms. The minimum atomic E-state index is -1.00. The van der Waals surface area contributed by atoms with Crippen molar-refractivity contribution in [2.45, 2.75) is 30.7 Å². The Morgan fingerprint density at radius 3 is 2.64 bits per heavy atom. The Bertz CT molecular complexity index is 634. The number of nitrogens with one attached hydrogen (secondary N) is 1. The van der Waals surface area contributed by atoms with E-state index in [2.05, 4.69) is 5.32 Å². The standard InChI is InChI=1S/C15H15ClN2O3S/c16-9-3-6-11-12(7-9)17-15(22)18(13(11)19)10-4-1-8(2-5-10)14(20)21/h1-2,4-5,9,11-12H,3,6-7H2,(H,17,22)(H,20,21). The largest absolute Gasteiger partial charge is 0.478 e. The fourth-order valence-corrected chi connectivity index (χ4v) is 3.73. The molecule has 3 unspecified atom stereocenters. The lowest BCUT2D eigenvalue weighted by molar-refractivity contribution is -0.123. The molecule has 1 saturated heterocycles. The number of hydrogen-bond acceptors (Lipinski definition) is 3. The lowest BCUT2D eigenvalue weighted by Crippen LogP contribution is -2.61. The average Bonchev–Trinajstić information content (AvgIpc) is 2.47. The van der Waals surface area contributed by atoms with E-state index in [1.807, 2.05) is 0 Å². The van der Waals surface area contributed by atoms with Gasteiger partial charge in [-0.05, 0) is 55.7 Å². The summed E-state index contributed by atoms with van der Waals surface area (Å²) >= 11 is 11.5. The van der Waals surface area contributed by atoms with Gasteiger partial charge in [-0.15, -0.1) is 11.6 Å². The van der Waals surface area contributed by atoms with E-state index >= 15 is 0 Å². The van der Waals surface area contributed by atoms with Gasteiger partial charge in [0.25, 0.3) is 0 Å². The molecule has 1 aliphatic carbocycles. The van der Waals surface area contributed by atoms with Crippen LogP contribution in [0.15, 0.2) is 24.3 Å². The highest BCUT2D eigenvalue weighted by Crippen LogP contribution is 2.33. The summed E-state index contributed by atoms with van der Waals surface area (Å²) < 4.78 is 0. The van der Waals surface area contributed by atoms with Crippen molar-refractivity contribution in [2.75, 3.05) is 4.90 Å². The van der Waals surface area contributed by atoms with E-state index in [0.717, 1.165) is 19.3 Å². The fourth-order valence-electron chi connectivity index (χ4n) is 3.06. The lowest BCUT2D eigenvalue weighted by atomic mass is 9.82. The molecule has 116 valence electrons. The molecule has 2 fully saturated rings. The monoisotopic (exact) mass is 338 g/mol. The van der Waals surface area contributed by atoms with Crippen molar-refractivity contribution in [3.63, 3.8) is 0 Å². The van der Waals surface area contributed by atoms with E-state index < -0.39 is 5.97 Å². The third-order valence-corrected chi connectivity index (χ3v) is 4.91. The molecule has 1 saturated carbocycles. The van der Waals surface area contributed by atoms with Gasteiger partial charge in [-0.25, -0.2) is 4.79 Å². The van der Waals surface area contributed by atoms with Gasteiger partial charge in [0, 0.05) is 11.4 Å². The molecule has 5 nitrogen and oxygen atoms in total. The maximum Gasteiger partial charge on any atom is 0.335 e. The number of rotatable bonds is 2. The number of hydrogen-bond donors (Lipinski definition) is 2. The van der Waals surface area contributed by atoms with Crippen LogP contribution in [-0.2, 0) is 4.79 Å². The normalized spacial score (nSPS) is 28.0. The van der Waals surface area contributed by atoms with E-state index in [0.29, 0.717) is 10.8 Å². The first-order valence-corrected chi connectivity index (χ1v) is 7.93. The molecule has 7 heteroatoms. The molecule has 2 N–H and O–H groups in total. The summed E-state index contributed by atoms with van der Waals surface area (Å²) in [7, 11) is 0. The minimum absolute atomic E-state index is 0.00853. The summed E-state index contributed by atoms with van der Waals surface area (Å²) in [5.74, 6) is -1.18. The number of fused-ring (bicyclic) bond motifs is 1. The van der Waals surface area contributed by atoms with Gasteiger partial charge in [0.05, 0.1) is 17.2 Å². The van der Waals surface area contributed by atoms with Crippen molar-refractivity contribution in [3.8, 4) is 0 Å². The number of carboxylic acids is 1. The first kappa shape index (κ1) is 15.2. The Kier molecular flexibility index (Phi) is 4.06. The smallest absolute Gasteiger partial charge is 0.335 e. The van der Waals surface area contributed by atoms with Gasteiger partial charge in [-0.1, -0.05) is 0 Å². The molecule has 0 aromatic heterocycles. The van der Waals surface area contributed by atoms with Crippen LogP contribution in [0, 0.1) is 5.92 Å². The maximum atomic E-state index is 12.7. The quantitative estimate of drug-likeness (QED) is 0.640. The van der Waals surface area contributed by atoms with Crippen LogP contribution in [0.5, 0.6) is 0 Å². The van der Waals surface area contributed by atoms with Crippen molar-refractivity contribution in [1.29, 1.82) is 0 Å². The Morgan fingerprint density at radius 2 is 2.00 bits per heavy atom. The zero-order valence-corrected chi connectivity index (χ0v) is 13.2. The molecule has 0 radical (unpaired) electrons. The molecule has 1 heterocycles. The maximum absolute atomic E-state index is 12.7. The summed E-state index contributed by atoms with van der Waals surface area (Å²) in [5.41, 5.74) is 0.756. The molecule has 1 amide bonds. The van der Waals surface area contributed by atoms with Crippen LogP contribution in [0.25, 0.3) is 0 Å². The van der Waals surface area contributed by atoms with Gasteiger partial charge in [-0.3, -0.25) is 9.69 Å².